The van der Waals surface area contributed by atoms with Crippen molar-refractivity contribution >= 4 is 50.1 Å². The molecule has 0 bridgehead atoms. The van der Waals surface area contributed by atoms with Crippen molar-refractivity contribution in [2.45, 2.75) is 12.1 Å². The van der Waals surface area contributed by atoms with Crippen LogP contribution in [0.4, 0.5) is 0 Å². The number of hydrogen-bond donors (Lipinski definition) is 1. The Morgan fingerprint density at radius 2 is 1.64 bits per heavy atom. The molecule has 5 rings (SSSR count). The number of halogens is 1. The zero-order chi connectivity index (χ0) is 24.9. The Morgan fingerprint density at radius 3 is 2.42 bits per heavy atom. The van der Waals surface area contributed by atoms with Crippen molar-refractivity contribution in [2.75, 3.05) is 5.75 Å². The maximum absolute atomic E-state index is 12.6. The summed E-state index contributed by atoms with van der Waals surface area (Å²) in [6.45, 7) is 1.88. The van der Waals surface area contributed by atoms with Gasteiger partial charge >= 0.3 is 0 Å². The molecule has 1 heterocycles. The van der Waals surface area contributed by atoms with E-state index in [1.807, 2.05) is 84.3 Å². The van der Waals surface area contributed by atoms with E-state index in [9.17, 15) is 4.79 Å². The van der Waals surface area contributed by atoms with Gasteiger partial charge in [0.2, 0.25) is 0 Å². The Labute approximate surface area is 221 Å². The molecule has 4 aromatic carbocycles. The third-order valence-corrected chi connectivity index (χ3v) is 7.06. The van der Waals surface area contributed by atoms with E-state index in [0.717, 1.165) is 32.4 Å². The SMILES string of the molecule is CC(=NNC(=O)CSc1nnc(-c2ccccc2)n1-c1ccc(Br)cc1)c1ccc2ccccc2c1. The summed E-state index contributed by atoms with van der Waals surface area (Å²) < 4.78 is 2.94. The Morgan fingerprint density at radius 1 is 0.917 bits per heavy atom. The molecule has 36 heavy (non-hydrogen) atoms. The molecule has 0 saturated carbocycles. The molecular formula is C28H22BrN5OS. The van der Waals surface area contributed by atoms with Gasteiger partial charge in [0.15, 0.2) is 11.0 Å². The Hall–Kier alpha value is -3.75. The third kappa shape index (κ3) is 5.40. The van der Waals surface area contributed by atoms with Gasteiger partial charge in [0.25, 0.3) is 5.91 Å². The Balaban J connectivity index is 1.32. The molecule has 6 nitrogen and oxygen atoms in total. The second-order valence-corrected chi connectivity index (χ2v) is 9.93. The van der Waals surface area contributed by atoms with Gasteiger partial charge in [0.1, 0.15) is 0 Å². The number of thioether (sulfide) groups is 1. The average molecular weight is 556 g/mol. The first-order chi connectivity index (χ1) is 17.6. The molecule has 0 saturated heterocycles. The van der Waals surface area contributed by atoms with Crippen LogP contribution < -0.4 is 5.43 Å². The quantitative estimate of drug-likeness (QED) is 0.142. The van der Waals surface area contributed by atoms with E-state index >= 15 is 0 Å². The minimum absolute atomic E-state index is 0.151. The van der Waals surface area contributed by atoms with Gasteiger partial charge in [-0.1, -0.05) is 94.4 Å². The fourth-order valence-electron chi connectivity index (χ4n) is 3.75. The zero-order valence-electron chi connectivity index (χ0n) is 19.4. The fraction of sp³-hybridized carbons (Fsp3) is 0.0714. The molecular weight excluding hydrogens is 534 g/mol. The van der Waals surface area contributed by atoms with E-state index in [2.05, 4.69) is 60.9 Å². The summed E-state index contributed by atoms with van der Waals surface area (Å²) in [5.74, 6) is 0.649. The summed E-state index contributed by atoms with van der Waals surface area (Å²) in [5, 5.41) is 16.0. The van der Waals surface area contributed by atoms with Gasteiger partial charge in [0.05, 0.1) is 11.5 Å². The largest absolute Gasteiger partial charge is 0.272 e. The number of aromatic nitrogens is 3. The summed E-state index contributed by atoms with van der Waals surface area (Å²) in [4.78, 5) is 12.6. The van der Waals surface area contributed by atoms with Gasteiger partial charge in [-0.15, -0.1) is 10.2 Å². The van der Waals surface area contributed by atoms with Crippen LogP contribution in [0.1, 0.15) is 12.5 Å². The second-order valence-electron chi connectivity index (χ2n) is 8.07. The first-order valence-corrected chi connectivity index (χ1v) is 13.1. The molecule has 1 N–H and O–H groups in total. The summed E-state index contributed by atoms with van der Waals surface area (Å²) >= 11 is 4.80. The predicted octanol–water partition coefficient (Wildman–Crippen LogP) is 6.48. The van der Waals surface area contributed by atoms with E-state index in [4.69, 9.17) is 0 Å². The van der Waals surface area contributed by atoms with Gasteiger partial charge in [0, 0.05) is 15.7 Å². The van der Waals surface area contributed by atoms with Gasteiger partial charge in [-0.2, -0.15) is 5.10 Å². The Bertz CT molecular complexity index is 1550. The first kappa shape index (κ1) is 24.0. The number of benzene rings is 4. The maximum Gasteiger partial charge on any atom is 0.250 e. The van der Waals surface area contributed by atoms with E-state index in [1.165, 1.54) is 17.1 Å². The van der Waals surface area contributed by atoms with Gasteiger partial charge in [-0.25, -0.2) is 5.43 Å². The standard InChI is InChI=1S/C28H22BrN5OS/c1-19(22-12-11-20-7-5-6-10-23(20)17-22)30-31-26(35)18-36-28-33-32-27(21-8-3-2-4-9-21)34(28)25-15-13-24(29)14-16-25/h2-17H,18H2,1H3,(H,31,35). The van der Waals surface area contributed by atoms with Crippen molar-refractivity contribution in [1.82, 2.24) is 20.2 Å². The maximum atomic E-state index is 12.6. The van der Waals surface area contributed by atoms with Gasteiger partial charge in [-0.05, 0) is 53.6 Å². The van der Waals surface area contributed by atoms with E-state index in [1.54, 1.807) is 0 Å². The molecule has 0 aliphatic carbocycles. The number of carbonyl (C=O) groups is 1. The number of hydrogen-bond acceptors (Lipinski definition) is 5. The van der Waals surface area contributed by atoms with E-state index in [0.29, 0.717) is 11.0 Å². The molecule has 0 unspecified atom stereocenters. The lowest BCUT2D eigenvalue weighted by Crippen LogP contribution is -2.21. The van der Waals surface area contributed by atoms with Crippen molar-refractivity contribution in [3.8, 4) is 17.1 Å². The van der Waals surface area contributed by atoms with Crippen molar-refractivity contribution in [3.05, 3.63) is 107 Å². The van der Waals surface area contributed by atoms with Gasteiger partial charge < -0.3 is 0 Å². The number of nitrogens with zero attached hydrogens (tertiary/aromatic N) is 4. The lowest BCUT2D eigenvalue weighted by molar-refractivity contribution is -0.118. The molecule has 5 aromatic rings. The minimum atomic E-state index is -0.216. The monoisotopic (exact) mass is 555 g/mol. The number of nitrogens with one attached hydrogen (secondary N) is 1. The topological polar surface area (TPSA) is 72.2 Å². The summed E-state index contributed by atoms with van der Waals surface area (Å²) in [6.07, 6.45) is 0. The predicted molar refractivity (Wildman–Crippen MR) is 150 cm³/mol. The Kier molecular flexibility index (Phi) is 7.25. The zero-order valence-corrected chi connectivity index (χ0v) is 21.8. The third-order valence-electron chi connectivity index (χ3n) is 5.60. The summed E-state index contributed by atoms with van der Waals surface area (Å²) in [7, 11) is 0. The van der Waals surface area contributed by atoms with Crippen LogP contribution in [0.25, 0.3) is 27.8 Å². The van der Waals surface area contributed by atoms with Crippen LogP contribution in [0.15, 0.2) is 112 Å². The number of hydrazone groups is 1. The number of rotatable bonds is 7. The molecule has 178 valence electrons. The molecule has 8 heteroatoms. The lowest BCUT2D eigenvalue weighted by Gasteiger charge is -2.10. The van der Waals surface area contributed by atoms with Crippen molar-refractivity contribution < 1.29 is 4.79 Å². The molecule has 0 aliphatic heterocycles. The van der Waals surface area contributed by atoms with Crippen LogP contribution in [0.5, 0.6) is 0 Å². The molecule has 0 atom stereocenters. The highest BCUT2D eigenvalue weighted by Gasteiger charge is 2.17. The van der Waals surface area contributed by atoms with Crippen molar-refractivity contribution in [2.24, 2.45) is 5.10 Å². The average Bonchev–Trinajstić information content (AvgIpc) is 3.35. The molecule has 0 spiro atoms. The number of carbonyl (C=O) groups excluding carboxylic acids is 1. The highest BCUT2D eigenvalue weighted by Crippen LogP contribution is 2.28. The fourth-order valence-corrected chi connectivity index (χ4v) is 4.76. The first-order valence-electron chi connectivity index (χ1n) is 11.3. The van der Waals surface area contributed by atoms with Crippen LogP contribution >= 0.6 is 27.7 Å². The minimum Gasteiger partial charge on any atom is -0.272 e. The molecule has 0 fully saturated rings. The summed E-state index contributed by atoms with van der Waals surface area (Å²) in [6, 6.07) is 32.1. The van der Waals surface area contributed by atoms with Crippen LogP contribution in [-0.4, -0.2) is 32.1 Å². The van der Waals surface area contributed by atoms with Crippen LogP contribution in [0.2, 0.25) is 0 Å². The lowest BCUT2D eigenvalue weighted by atomic mass is 10.0. The van der Waals surface area contributed by atoms with Crippen molar-refractivity contribution in [1.29, 1.82) is 0 Å². The summed E-state index contributed by atoms with van der Waals surface area (Å²) in [5.41, 5.74) is 6.23. The van der Waals surface area contributed by atoms with Crippen LogP contribution in [0, 0.1) is 0 Å². The normalized spacial score (nSPS) is 11.6. The number of fused-ring (bicyclic) bond motifs is 1. The smallest absolute Gasteiger partial charge is 0.250 e. The molecule has 0 radical (unpaired) electrons. The molecule has 1 amide bonds. The number of amides is 1. The second kappa shape index (κ2) is 10.9. The highest BCUT2D eigenvalue weighted by molar-refractivity contribution is 9.10. The molecule has 0 aliphatic rings. The van der Waals surface area contributed by atoms with Gasteiger partial charge in [-0.3, -0.25) is 9.36 Å². The van der Waals surface area contributed by atoms with Crippen molar-refractivity contribution in [3.63, 3.8) is 0 Å². The van der Waals surface area contributed by atoms with E-state index < -0.39 is 0 Å². The van der Waals surface area contributed by atoms with Crippen LogP contribution in [-0.2, 0) is 4.79 Å². The van der Waals surface area contributed by atoms with Crippen LogP contribution in [0.3, 0.4) is 0 Å². The van der Waals surface area contributed by atoms with E-state index in [-0.39, 0.29) is 11.7 Å². The molecule has 1 aromatic heterocycles. The highest BCUT2D eigenvalue weighted by atomic mass is 79.9.